The first-order valence-corrected chi connectivity index (χ1v) is 5.74. The number of ketones is 1. The van der Waals surface area contributed by atoms with Crippen LogP contribution in [0, 0.1) is 0 Å². The Balaban J connectivity index is 2.46. The third kappa shape index (κ3) is 4.72. The van der Waals surface area contributed by atoms with Crippen molar-refractivity contribution in [3.8, 4) is 5.75 Å². The standard InChI is InChI=1S/C14H18O3/c1-3-4-10-17-11-9-14(15)12-5-7-13(16-2)8-6-12/h5-9,11H,3-4,10H2,1-2H3. The Bertz CT molecular complexity index is 366. The summed E-state index contributed by atoms with van der Waals surface area (Å²) in [6.07, 6.45) is 4.99. The summed E-state index contributed by atoms with van der Waals surface area (Å²) in [4.78, 5) is 11.7. The number of unbranched alkanes of at least 4 members (excludes halogenated alkanes) is 1. The maximum absolute atomic E-state index is 11.7. The molecule has 1 aromatic rings. The number of methoxy groups -OCH3 is 1. The molecule has 17 heavy (non-hydrogen) atoms. The summed E-state index contributed by atoms with van der Waals surface area (Å²) >= 11 is 0. The van der Waals surface area contributed by atoms with Gasteiger partial charge in [-0.1, -0.05) is 13.3 Å². The van der Waals surface area contributed by atoms with Gasteiger partial charge in [0.1, 0.15) is 5.75 Å². The first-order chi connectivity index (χ1) is 8.27. The van der Waals surface area contributed by atoms with Crippen LogP contribution in [-0.2, 0) is 4.74 Å². The van der Waals surface area contributed by atoms with E-state index in [9.17, 15) is 4.79 Å². The number of hydrogen-bond acceptors (Lipinski definition) is 3. The minimum atomic E-state index is -0.0656. The van der Waals surface area contributed by atoms with Gasteiger partial charge in [0.15, 0.2) is 5.78 Å². The van der Waals surface area contributed by atoms with Gasteiger partial charge in [0, 0.05) is 11.6 Å². The van der Waals surface area contributed by atoms with Crippen LogP contribution < -0.4 is 4.74 Å². The maximum atomic E-state index is 11.7. The first-order valence-electron chi connectivity index (χ1n) is 5.74. The SMILES string of the molecule is CCCCOC=CC(=O)c1ccc(OC)cc1. The summed E-state index contributed by atoms with van der Waals surface area (Å²) < 4.78 is 10.2. The molecule has 1 rings (SSSR count). The van der Waals surface area contributed by atoms with Crippen LogP contribution in [0.15, 0.2) is 36.6 Å². The zero-order chi connectivity index (χ0) is 12.5. The molecular weight excluding hydrogens is 216 g/mol. The Kier molecular flexibility index (Phi) is 5.86. The average molecular weight is 234 g/mol. The fraction of sp³-hybridized carbons (Fsp3) is 0.357. The maximum Gasteiger partial charge on any atom is 0.188 e. The fourth-order valence-corrected chi connectivity index (χ4v) is 1.26. The lowest BCUT2D eigenvalue weighted by Gasteiger charge is -2.00. The number of hydrogen-bond donors (Lipinski definition) is 0. The van der Waals surface area contributed by atoms with Gasteiger partial charge in [-0.3, -0.25) is 4.79 Å². The molecule has 3 nitrogen and oxygen atoms in total. The van der Waals surface area contributed by atoms with Crippen molar-refractivity contribution < 1.29 is 14.3 Å². The molecule has 0 atom stereocenters. The minimum Gasteiger partial charge on any atom is -0.501 e. The van der Waals surface area contributed by atoms with Crippen LogP contribution in [0.3, 0.4) is 0 Å². The van der Waals surface area contributed by atoms with Crippen molar-refractivity contribution in [3.05, 3.63) is 42.2 Å². The van der Waals surface area contributed by atoms with Crippen LogP contribution in [0.2, 0.25) is 0 Å². The van der Waals surface area contributed by atoms with Gasteiger partial charge in [-0.2, -0.15) is 0 Å². The Hall–Kier alpha value is -1.77. The normalized spacial score (nSPS) is 10.5. The highest BCUT2D eigenvalue weighted by Crippen LogP contribution is 2.11. The Morgan fingerprint density at radius 3 is 2.59 bits per heavy atom. The van der Waals surface area contributed by atoms with Crippen LogP contribution >= 0.6 is 0 Å². The van der Waals surface area contributed by atoms with E-state index in [1.54, 1.807) is 31.4 Å². The smallest absolute Gasteiger partial charge is 0.188 e. The second-order valence-corrected chi connectivity index (χ2v) is 3.62. The summed E-state index contributed by atoms with van der Waals surface area (Å²) in [5.74, 6) is 0.675. The van der Waals surface area contributed by atoms with Crippen molar-refractivity contribution in [2.24, 2.45) is 0 Å². The molecule has 0 aliphatic rings. The van der Waals surface area contributed by atoms with E-state index in [0.29, 0.717) is 12.2 Å². The molecule has 0 saturated carbocycles. The van der Waals surface area contributed by atoms with Crippen molar-refractivity contribution >= 4 is 5.78 Å². The van der Waals surface area contributed by atoms with E-state index in [-0.39, 0.29) is 5.78 Å². The second kappa shape index (κ2) is 7.49. The number of rotatable bonds is 7. The Labute approximate surface area is 102 Å². The van der Waals surface area contributed by atoms with E-state index in [2.05, 4.69) is 6.92 Å². The second-order valence-electron chi connectivity index (χ2n) is 3.62. The fourth-order valence-electron chi connectivity index (χ4n) is 1.26. The van der Waals surface area contributed by atoms with Gasteiger partial charge in [-0.15, -0.1) is 0 Å². The molecule has 0 unspecified atom stereocenters. The first kappa shape index (κ1) is 13.3. The molecule has 0 amide bonds. The highest BCUT2D eigenvalue weighted by Gasteiger charge is 2.01. The number of allylic oxidation sites excluding steroid dienone is 1. The number of benzene rings is 1. The minimum absolute atomic E-state index is 0.0656. The van der Waals surface area contributed by atoms with E-state index in [0.717, 1.165) is 18.6 Å². The van der Waals surface area contributed by atoms with Crippen LogP contribution in [0.4, 0.5) is 0 Å². The predicted molar refractivity (Wildman–Crippen MR) is 67.3 cm³/mol. The zero-order valence-electron chi connectivity index (χ0n) is 10.3. The molecule has 0 aliphatic heterocycles. The number of ether oxygens (including phenoxy) is 2. The molecule has 1 aromatic carbocycles. The molecule has 0 aliphatic carbocycles. The highest BCUT2D eigenvalue weighted by molar-refractivity contribution is 6.04. The van der Waals surface area contributed by atoms with Gasteiger partial charge in [0.05, 0.1) is 20.0 Å². The lowest BCUT2D eigenvalue weighted by Crippen LogP contribution is -1.95. The average Bonchev–Trinajstić information content (AvgIpc) is 2.38. The van der Waals surface area contributed by atoms with E-state index < -0.39 is 0 Å². The zero-order valence-corrected chi connectivity index (χ0v) is 10.3. The molecular formula is C14H18O3. The number of carbonyl (C=O) groups is 1. The summed E-state index contributed by atoms with van der Waals surface area (Å²) in [6.45, 7) is 2.75. The van der Waals surface area contributed by atoms with Crippen molar-refractivity contribution in [2.45, 2.75) is 19.8 Å². The van der Waals surface area contributed by atoms with Gasteiger partial charge >= 0.3 is 0 Å². The van der Waals surface area contributed by atoms with Crippen LogP contribution in [-0.4, -0.2) is 19.5 Å². The molecule has 0 radical (unpaired) electrons. The van der Waals surface area contributed by atoms with Crippen molar-refractivity contribution in [1.82, 2.24) is 0 Å². The summed E-state index contributed by atoms with van der Waals surface area (Å²) in [6, 6.07) is 6.99. The molecule has 0 heterocycles. The van der Waals surface area contributed by atoms with Gasteiger partial charge in [-0.05, 0) is 30.7 Å². The molecule has 0 N–H and O–H groups in total. The van der Waals surface area contributed by atoms with Gasteiger partial charge in [0.2, 0.25) is 0 Å². The lowest BCUT2D eigenvalue weighted by atomic mass is 10.1. The summed E-state index contributed by atoms with van der Waals surface area (Å²) in [5, 5.41) is 0. The third-order valence-electron chi connectivity index (χ3n) is 2.31. The topological polar surface area (TPSA) is 35.5 Å². The van der Waals surface area contributed by atoms with Gasteiger partial charge in [-0.25, -0.2) is 0 Å². The van der Waals surface area contributed by atoms with Crippen LogP contribution in [0.1, 0.15) is 30.1 Å². The van der Waals surface area contributed by atoms with E-state index >= 15 is 0 Å². The van der Waals surface area contributed by atoms with Crippen molar-refractivity contribution in [1.29, 1.82) is 0 Å². The Morgan fingerprint density at radius 2 is 2.00 bits per heavy atom. The van der Waals surface area contributed by atoms with Crippen molar-refractivity contribution in [2.75, 3.05) is 13.7 Å². The molecule has 0 aromatic heterocycles. The molecule has 92 valence electrons. The predicted octanol–water partition coefficient (Wildman–Crippen LogP) is 3.21. The molecule has 3 heteroatoms. The molecule has 0 bridgehead atoms. The van der Waals surface area contributed by atoms with Gasteiger partial charge < -0.3 is 9.47 Å². The summed E-state index contributed by atoms with van der Waals surface area (Å²) in [5.41, 5.74) is 0.626. The molecule has 0 saturated heterocycles. The molecule has 0 fully saturated rings. The third-order valence-corrected chi connectivity index (χ3v) is 2.31. The highest BCUT2D eigenvalue weighted by atomic mass is 16.5. The summed E-state index contributed by atoms with van der Waals surface area (Å²) in [7, 11) is 1.60. The quantitative estimate of drug-likeness (QED) is 0.314. The number of carbonyl (C=O) groups excluding carboxylic acids is 1. The Morgan fingerprint density at radius 1 is 1.29 bits per heavy atom. The van der Waals surface area contributed by atoms with Crippen LogP contribution in [0.5, 0.6) is 5.75 Å². The van der Waals surface area contributed by atoms with E-state index in [1.807, 2.05) is 0 Å². The van der Waals surface area contributed by atoms with E-state index in [4.69, 9.17) is 9.47 Å². The largest absolute Gasteiger partial charge is 0.501 e. The van der Waals surface area contributed by atoms with Crippen molar-refractivity contribution in [3.63, 3.8) is 0 Å². The monoisotopic (exact) mass is 234 g/mol. The molecule has 0 spiro atoms. The van der Waals surface area contributed by atoms with E-state index in [1.165, 1.54) is 12.3 Å². The van der Waals surface area contributed by atoms with Crippen LogP contribution in [0.25, 0.3) is 0 Å². The van der Waals surface area contributed by atoms with Gasteiger partial charge in [0.25, 0.3) is 0 Å². The lowest BCUT2D eigenvalue weighted by molar-refractivity contribution is 0.104.